The summed E-state index contributed by atoms with van der Waals surface area (Å²) in [6.07, 6.45) is 3.24. The molecule has 7 heteroatoms. The summed E-state index contributed by atoms with van der Waals surface area (Å²) in [6.45, 7) is 7.00. The molecule has 0 aromatic heterocycles. The summed E-state index contributed by atoms with van der Waals surface area (Å²) in [5.74, 6) is 1.49. The first-order chi connectivity index (χ1) is 10.3. The van der Waals surface area contributed by atoms with Crippen LogP contribution >= 0.6 is 24.0 Å². The van der Waals surface area contributed by atoms with Crippen molar-refractivity contribution in [1.82, 2.24) is 10.6 Å². The third-order valence-electron chi connectivity index (χ3n) is 3.48. The second kappa shape index (κ2) is 14.5. The largest absolute Gasteiger partial charge is 0.383 e. The maximum Gasteiger partial charge on any atom is 0.191 e. The number of nitrogens with one attached hydrogen (secondary N) is 2. The lowest BCUT2D eigenvalue weighted by atomic mass is 10.0. The smallest absolute Gasteiger partial charge is 0.191 e. The fourth-order valence-electron chi connectivity index (χ4n) is 2.26. The van der Waals surface area contributed by atoms with Gasteiger partial charge in [0.1, 0.15) is 0 Å². The van der Waals surface area contributed by atoms with E-state index in [1.807, 2.05) is 0 Å². The molecule has 6 nitrogen and oxygen atoms in total. The number of guanidine groups is 1. The minimum atomic E-state index is 0. The highest BCUT2D eigenvalue weighted by Crippen LogP contribution is 2.14. The zero-order valence-electron chi connectivity index (χ0n) is 14.1. The molecule has 0 amide bonds. The second-order valence-corrected chi connectivity index (χ2v) is 5.48. The van der Waals surface area contributed by atoms with Crippen molar-refractivity contribution < 1.29 is 14.2 Å². The van der Waals surface area contributed by atoms with Gasteiger partial charge in [0.2, 0.25) is 0 Å². The van der Waals surface area contributed by atoms with E-state index in [9.17, 15) is 0 Å². The Morgan fingerprint density at radius 1 is 1.36 bits per heavy atom. The van der Waals surface area contributed by atoms with Gasteiger partial charge in [-0.3, -0.25) is 4.99 Å². The molecular formula is C15H32IN3O3. The molecule has 0 saturated carbocycles. The SMILES string of the molecule is CN=C(NCCCOCC1CCOCC1)NC(C)COC.I. The van der Waals surface area contributed by atoms with E-state index < -0.39 is 0 Å². The van der Waals surface area contributed by atoms with Crippen LogP contribution < -0.4 is 10.6 Å². The van der Waals surface area contributed by atoms with Crippen molar-refractivity contribution in [2.45, 2.75) is 32.2 Å². The maximum absolute atomic E-state index is 5.73. The molecule has 0 spiro atoms. The van der Waals surface area contributed by atoms with Crippen LogP contribution in [-0.2, 0) is 14.2 Å². The molecule has 22 heavy (non-hydrogen) atoms. The van der Waals surface area contributed by atoms with Gasteiger partial charge in [-0.1, -0.05) is 0 Å². The first kappa shape index (κ1) is 21.9. The van der Waals surface area contributed by atoms with Crippen LogP contribution in [0.15, 0.2) is 4.99 Å². The van der Waals surface area contributed by atoms with Crippen molar-refractivity contribution in [2.75, 3.05) is 53.7 Å². The van der Waals surface area contributed by atoms with Gasteiger partial charge in [-0.15, -0.1) is 24.0 Å². The molecule has 132 valence electrons. The summed E-state index contributed by atoms with van der Waals surface area (Å²) in [4.78, 5) is 4.19. The van der Waals surface area contributed by atoms with Gasteiger partial charge in [0.15, 0.2) is 5.96 Å². The van der Waals surface area contributed by atoms with Crippen molar-refractivity contribution >= 4 is 29.9 Å². The Hall–Kier alpha value is -0.120. The summed E-state index contributed by atoms with van der Waals surface area (Å²) >= 11 is 0. The molecule has 1 aliphatic rings. The first-order valence-electron chi connectivity index (χ1n) is 7.88. The Morgan fingerprint density at radius 2 is 2.09 bits per heavy atom. The van der Waals surface area contributed by atoms with Crippen LogP contribution in [-0.4, -0.2) is 65.7 Å². The van der Waals surface area contributed by atoms with E-state index in [1.165, 1.54) is 0 Å². The van der Waals surface area contributed by atoms with Crippen LogP contribution in [0, 0.1) is 5.92 Å². The van der Waals surface area contributed by atoms with Gasteiger partial charge < -0.3 is 24.8 Å². The average molecular weight is 429 g/mol. The topological polar surface area (TPSA) is 64.1 Å². The van der Waals surface area contributed by atoms with Gasteiger partial charge >= 0.3 is 0 Å². The lowest BCUT2D eigenvalue weighted by molar-refractivity contribution is 0.0203. The highest BCUT2D eigenvalue weighted by atomic mass is 127. The molecule has 0 aromatic rings. The Kier molecular flexibility index (Phi) is 14.4. The van der Waals surface area contributed by atoms with Gasteiger partial charge in [-0.2, -0.15) is 0 Å². The molecule has 0 aliphatic carbocycles. The predicted octanol–water partition coefficient (Wildman–Crippen LogP) is 1.64. The number of aliphatic imine (C=N–C) groups is 1. The fraction of sp³-hybridized carbons (Fsp3) is 0.933. The van der Waals surface area contributed by atoms with Gasteiger partial charge in [0.05, 0.1) is 6.61 Å². The van der Waals surface area contributed by atoms with Crippen LogP contribution in [0.1, 0.15) is 26.2 Å². The molecule has 1 unspecified atom stereocenters. The number of rotatable bonds is 9. The summed E-state index contributed by atoms with van der Waals surface area (Å²) in [5.41, 5.74) is 0. The molecule has 0 aromatic carbocycles. The normalized spacial score (nSPS) is 17.7. The first-order valence-corrected chi connectivity index (χ1v) is 7.88. The lowest BCUT2D eigenvalue weighted by Gasteiger charge is -2.21. The highest BCUT2D eigenvalue weighted by molar-refractivity contribution is 14.0. The number of hydrogen-bond donors (Lipinski definition) is 2. The summed E-state index contributed by atoms with van der Waals surface area (Å²) < 4.78 is 16.2. The number of halogens is 1. The third kappa shape index (κ3) is 10.6. The predicted molar refractivity (Wildman–Crippen MR) is 100 cm³/mol. The Labute approximate surface area is 151 Å². The molecule has 1 saturated heterocycles. The third-order valence-corrected chi connectivity index (χ3v) is 3.48. The molecule has 1 aliphatic heterocycles. The highest BCUT2D eigenvalue weighted by Gasteiger charge is 2.13. The van der Waals surface area contributed by atoms with Crippen LogP contribution in [0.4, 0.5) is 0 Å². The molecule has 1 atom stereocenters. The lowest BCUT2D eigenvalue weighted by Crippen LogP contribution is -2.44. The van der Waals surface area contributed by atoms with E-state index in [0.717, 1.165) is 58.2 Å². The summed E-state index contributed by atoms with van der Waals surface area (Å²) in [5, 5.41) is 6.55. The van der Waals surface area contributed by atoms with Crippen LogP contribution in [0.25, 0.3) is 0 Å². The van der Waals surface area contributed by atoms with E-state index in [2.05, 4.69) is 22.5 Å². The van der Waals surface area contributed by atoms with Crippen molar-refractivity contribution in [3.63, 3.8) is 0 Å². The van der Waals surface area contributed by atoms with Crippen LogP contribution in [0.2, 0.25) is 0 Å². The zero-order valence-corrected chi connectivity index (χ0v) is 16.4. The van der Waals surface area contributed by atoms with Crippen molar-refractivity contribution in [2.24, 2.45) is 10.9 Å². The molecule has 0 bridgehead atoms. The fourth-order valence-corrected chi connectivity index (χ4v) is 2.26. The van der Waals surface area contributed by atoms with Crippen molar-refractivity contribution in [3.05, 3.63) is 0 Å². The van der Waals surface area contributed by atoms with Crippen molar-refractivity contribution in [3.8, 4) is 0 Å². The number of ether oxygens (including phenoxy) is 3. The van der Waals surface area contributed by atoms with E-state index in [0.29, 0.717) is 12.5 Å². The molecule has 1 fully saturated rings. The Bertz CT molecular complexity index is 287. The second-order valence-electron chi connectivity index (χ2n) is 5.48. The monoisotopic (exact) mass is 429 g/mol. The molecular weight excluding hydrogens is 397 g/mol. The molecule has 0 radical (unpaired) electrons. The van der Waals surface area contributed by atoms with E-state index in [4.69, 9.17) is 14.2 Å². The van der Waals surface area contributed by atoms with Gasteiger partial charge in [-0.25, -0.2) is 0 Å². The van der Waals surface area contributed by atoms with E-state index in [-0.39, 0.29) is 30.0 Å². The van der Waals surface area contributed by atoms with Gasteiger partial charge in [-0.05, 0) is 32.1 Å². The molecule has 1 heterocycles. The van der Waals surface area contributed by atoms with Crippen molar-refractivity contribution in [1.29, 1.82) is 0 Å². The summed E-state index contributed by atoms with van der Waals surface area (Å²) in [6, 6.07) is 0.242. The van der Waals surface area contributed by atoms with E-state index in [1.54, 1.807) is 14.2 Å². The summed E-state index contributed by atoms with van der Waals surface area (Å²) in [7, 11) is 3.47. The molecule has 2 N–H and O–H groups in total. The maximum atomic E-state index is 5.73. The van der Waals surface area contributed by atoms with Gasteiger partial charge in [0, 0.05) is 53.2 Å². The van der Waals surface area contributed by atoms with Crippen LogP contribution in [0.3, 0.4) is 0 Å². The Morgan fingerprint density at radius 3 is 2.73 bits per heavy atom. The minimum Gasteiger partial charge on any atom is -0.383 e. The number of hydrogen-bond acceptors (Lipinski definition) is 4. The average Bonchev–Trinajstić information content (AvgIpc) is 2.50. The van der Waals surface area contributed by atoms with Crippen LogP contribution in [0.5, 0.6) is 0 Å². The standard InChI is InChI=1S/C15H31N3O3.HI/c1-13(11-19-3)18-15(16-2)17-7-4-8-21-12-14-5-9-20-10-6-14;/h13-14H,4-12H2,1-3H3,(H2,16,17,18);1H. The quantitative estimate of drug-likeness (QED) is 0.253. The number of methoxy groups -OCH3 is 1. The van der Waals surface area contributed by atoms with Gasteiger partial charge in [0.25, 0.3) is 0 Å². The van der Waals surface area contributed by atoms with E-state index >= 15 is 0 Å². The number of nitrogens with zero attached hydrogens (tertiary/aromatic N) is 1. The Balaban J connectivity index is 0.00000441. The zero-order chi connectivity index (χ0) is 15.3. The minimum absolute atomic E-state index is 0. The molecule has 1 rings (SSSR count).